The molecule has 0 bridgehead atoms. The molecule has 2 heterocycles. The second-order valence-corrected chi connectivity index (χ2v) is 9.03. The van der Waals surface area contributed by atoms with E-state index in [1.165, 1.54) is 6.07 Å². The number of benzene rings is 2. The van der Waals surface area contributed by atoms with Gasteiger partial charge >= 0.3 is 0 Å². The first-order valence-electron chi connectivity index (χ1n) is 11.3. The molecule has 1 saturated heterocycles. The van der Waals surface area contributed by atoms with Gasteiger partial charge in [0.25, 0.3) is 5.91 Å². The molecule has 5 nitrogen and oxygen atoms in total. The number of carbonyl (C=O) groups excluding carboxylic acids is 1. The largest absolute Gasteiger partial charge is 0.455 e. The first kappa shape index (κ1) is 23.3. The van der Waals surface area contributed by atoms with Crippen LogP contribution < -0.4 is 4.90 Å². The van der Waals surface area contributed by atoms with E-state index in [9.17, 15) is 9.18 Å². The maximum atomic E-state index is 13.6. The number of carbonyl (C=O) groups is 1. The van der Waals surface area contributed by atoms with Crippen molar-refractivity contribution in [3.8, 4) is 0 Å². The lowest BCUT2D eigenvalue weighted by molar-refractivity contribution is 0.0709. The third kappa shape index (κ3) is 5.75. The van der Waals surface area contributed by atoms with E-state index >= 15 is 0 Å². The van der Waals surface area contributed by atoms with E-state index in [4.69, 9.17) is 16.0 Å². The van der Waals surface area contributed by atoms with Gasteiger partial charge in [-0.05, 0) is 55.8 Å². The van der Waals surface area contributed by atoms with Crippen molar-refractivity contribution >= 4 is 23.2 Å². The molecule has 33 heavy (non-hydrogen) atoms. The fourth-order valence-corrected chi connectivity index (χ4v) is 4.34. The average molecular weight is 470 g/mol. The fourth-order valence-electron chi connectivity index (χ4n) is 4.08. The van der Waals surface area contributed by atoms with Crippen molar-refractivity contribution in [3.05, 3.63) is 88.6 Å². The first-order chi connectivity index (χ1) is 15.9. The summed E-state index contributed by atoms with van der Waals surface area (Å²) in [5.74, 6) is 0.738. The Morgan fingerprint density at radius 3 is 2.48 bits per heavy atom. The van der Waals surface area contributed by atoms with Gasteiger partial charge in [-0.1, -0.05) is 35.9 Å². The van der Waals surface area contributed by atoms with E-state index in [2.05, 4.69) is 23.6 Å². The number of halogens is 2. The summed E-state index contributed by atoms with van der Waals surface area (Å²) in [5.41, 5.74) is 1.90. The van der Waals surface area contributed by atoms with E-state index in [1.807, 2.05) is 41.3 Å². The van der Waals surface area contributed by atoms with Crippen molar-refractivity contribution in [1.29, 1.82) is 0 Å². The first-order valence-corrected chi connectivity index (χ1v) is 11.6. The van der Waals surface area contributed by atoms with Crippen molar-refractivity contribution in [3.63, 3.8) is 0 Å². The SMILES string of the molecule is CC(C)N(Cc1cccc(F)c1)Cc1ccc(C(=O)N2CCN(c3ccccc3Cl)CC2)o1. The molecule has 0 atom stereocenters. The molecule has 2 aromatic carbocycles. The molecule has 4 rings (SSSR count). The Morgan fingerprint density at radius 1 is 1.03 bits per heavy atom. The predicted octanol–water partition coefficient (Wildman–Crippen LogP) is 5.45. The van der Waals surface area contributed by atoms with E-state index in [-0.39, 0.29) is 17.8 Å². The van der Waals surface area contributed by atoms with Crippen LogP contribution in [0.4, 0.5) is 10.1 Å². The van der Waals surface area contributed by atoms with Crippen molar-refractivity contribution in [2.24, 2.45) is 0 Å². The minimum Gasteiger partial charge on any atom is -0.455 e. The number of anilines is 1. The molecule has 1 aromatic heterocycles. The van der Waals surface area contributed by atoms with Crippen molar-refractivity contribution < 1.29 is 13.6 Å². The number of furan rings is 1. The lowest BCUT2D eigenvalue weighted by atomic mass is 10.2. The zero-order chi connectivity index (χ0) is 23.4. The molecule has 7 heteroatoms. The second-order valence-electron chi connectivity index (χ2n) is 8.63. The van der Waals surface area contributed by atoms with Gasteiger partial charge < -0.3 is 14.2 Å². The monoisotopic (exact) mass is 469 g/mol. The zero-order valence-corrected chi connectivity index (χ0v) is 19.8. The molecular formula is C26H29ClFN3O2. The highest BCUT2D eigenvalue weighted by molar-refractivity contribution is 6.33. The number of hydrogen-bond donors (Lipinski definition) is 0. The van der Waals surface area contributed by atoms with Crippen LogP contribution in [0.15, 0.2) is 65.1 Å². The molecule has 0 N–H and O–H groups in total. The van der Waals surface area contributed by atoms with E-state index in [0.717, 1.165) is 35.1 Å². The number of nitrogens with zero attached hydrogens (tertiary/aromatic N) is 3. The van der Waals surface area contributed by atoms with E-state index in [1.54, 1.807) is 18.2 Å². The average Bonchev–Trinajstić information content (AvgIpc) is 3.27. The Kier molecular flexibility index (Phi) is 7.36. The minimum absolute atomic E-state index is 0.0960. The van der Waals surface area contributed by atoms with Crippen LogP contribution >= 0.6 is 11.6 Å². The van der Waals surface area contributed by atoms with Gasteiger partial charge in [0.2, 0.25) is 0 Å². The molecule has 0 saturated carbocycles. The zero-order valence-electron chi connectivity index (χ0n) is 19.0. The maximum absolute atomic E-state index is 13.6. The second kappa shape index (κ2) is 10.4. The number of hydrogen-bond acceptors (Lipinski definition) is 4. The van der Waals surface area contributed by atoms with Crippen LogP contribution in [-0.2, 0) is 13.1 Å². The molecule has 1 amide bonds. The molecule has 1 fully saturated rings. The summed E-state index contributed by atoms with van der Waals surface area (Å²) in [7, 11) is 0. The third-order valence-corrected chi connectivity index (χ3v) is 6.32. The Bertz CT molecular complexity index is 1090. The van der Waals surface area contributed by atoms with Crippen LogP contribution in [0.5, 0.6) is 0 Å². The number of amides is 1. The Labute approximate surface area is 199 Å². The van der Waals surface area contributed by atoms with E-state index in [0.29, 0.717) is 31.9 Å². The standard InChI is InChI=1S/C26H29ClFN3O2/c1-19(2)31(17-20-6-5-7-21(28)16-20)18-22-10-11-25(33-22)26(32)30-14-12-29(13-15-30)24-9-4-3-8-23(24)27/h3-11,16,19H,12-15,17-18H2,1-2H3. The smallest absolute Gasteiger partial charge is 0.289 e. The predicted molar refractivity (Wildman–Crippen MR) is 129 cm³/mol. The van der Waals surface area contributed by atoms with Gasteiger partial charge in [0, 0.05) is 38.8 Å². The van der Waals surface area contributed by atoms with Crippen molar-refractivity contribution in [2.75, 3.05) is 31.1 Å². The highest BCUT2D eigenvalue weighted by atomic mass is 35.5. The lowest BCUT2D eigenvalue weighted by Gasteiger charge is -2.36. The molecule has 0 spiro atoms. The van der Waals surface area contributed by atoms with Gasteiger partial charge in [0.05, 0.1) is 17.3 Å². The maximum Gasteiger partial charge on any atom is 0.289 e. The summed E-state index contributed by atoms with van der Waals surface area (Å²) >= 11 is 6.32. The molecule has 1 aliphatic heterocycles. The molecular weight excluding hydrogens is 441 g/mol. The topological polar surface area (TPSA) is 39.9 Å². The van der Waals surface area contributed by atoms with Crippen molar-refractivity contribution in [1.82, 2.24) is 9.80 Å². The van der Waals surface area contributed by atoms with Gasteiger partial charge in [0.15, 0.2) is 5.76 Å². The summed E-state index contributed by atoms with van der Waals surface area (Å²) in [6, 6.07) is 18.2. The van der Waals surface area contributed by atoms with Crippen molar-refractivity contribution in [2.45, 2.75) is 33.0 Å². The molecule has 1 aliphatic rings. The van der Waals surface area contributed by atoms with Gasteiger partial charge in [-0.2, -0.15) is 0 Å². The highest BCUT2D eigenvalue weighted by Crippen LogP contribution is 2.26. The Balaban J connectivity index is 1.36. The molecule has 0 unspecified atom stereocenters. The lowest BCUT2D eigenvalue weighted by Crippen LogP contribution is -2.48. The molecule has 0 radical (unpaired) electrons. The summed E-state index contributed by atoms with van der Waals surface area (Å²) in [6.45, 7) is 7.98. The molecule has 0 aliphatic carbocycles. The van der Waals surface area contributed by atoms with Gasteiger partial charge in [0.1, 0.15) is 11.6 Å². The number of piperazine rings is 1. The summed E-state index contributed by atoms with van der Waals surface area (Å²) < 4.78 is 19.5. The Morgan fingerprint density at radius 2 is 1.79 bits per heavy atom. The van der Waals surface area contributed by atoms with E-state index < -0.39 is 0 Å². The van der Waals surface area contributed by atoms with Gasteiger partial charge in [-0.15, -0.1) is 0 Å². The van der Waals surface area contributed by atoms with Crippen LogP contribution in [0.2, 0.25) is 5.02 Å². The molecule has 174 valence electrons. The quantitative estimate of drug-likeness (QED) is 0.461. The Hall–Kier alpha value is -2.83. The summed E-state index contributed by atoms with van der Waals surface area (Å²) in [4.78, 5) is 19.2. The minimum atomic E-state index is -0.239. The van der Waals surface area contributed by atoms with Crippen LogP contribution in [0.3, 0.4) is 0 Å². The van der Waals surface area contributed by atoms with Crippen LogP contribution in [-0.4, -0.2) is 47.9 Å². The van der Waals surface area contributed by atoms with Gasteiger partial charge in [-0.25, -0.2) is 4.39 Å². The van der Waals surface area contributed by atoms with Crippen LogP contribution in [0.25, 0.3) is 0 Å². The normalized spacial score (nSPS) is 14.4. The summed E-state index contributed by atoms with van der Waals surface area (Å²) in [6.07, 6.45) is 0. The third-order valence-electron chi connectivity index (χ3n) is 6.00. The highest BCUT2D eigenvalue weighted by Gasteiger charge is 2.25. The van der Waals surface area contributed by atoms with Crippen LogP contribution in [0.1, 0.15) is 35.7 Å². The molecule has 3 aromatic rings. The number of rotatable bonds is 7. The van der Waals surface area contributed by atoms with Gasteiger partial charge in [-0.3, -0.25) is 9.69 Å². The van der Waals surface area contributed by atoms with Crippen LogP contribution in [0, 0.1) is 5.82 Å². The summed E-state index contributed by atoms with van der Waals surface area (Å²) in [5, 5.41) is 0.723. The number of para-hydroxylation sites is 1. The fraction of sp³-hybridized carbons (Fsp3) is 0.346.